The minimum atomic E-state index is -0.849. The van der Waals surface area contributed by atoms with Gasteiger partial charge in [0.2, 0.25) is 6.29 Å². The molecule has 194 valence electrons. The fourth-order valence-corrected chi connectivity index (χ4v) is 8.38. The van der Waals surface area contributed by atoms with Crippen LogP contribution in [0.5, 0.6) is 0 Å². The summed E-state index contributed by atoms with van der Waals surface area (Å²) >= 11 is 0. The van der Waals surface area contributed by atoms with Gasteiger partial charge in [-0.05, 0) is 51.4 Å². The average molecular weight is 491 g/mol. The number of fused-ring (bicyclic) bond motifs is 2. The molecule has 7 aliphatic rings. The van der Waals surface area contributed by atoms with Crippen LogP contribution in [-0.2, 0) is 38.0 Å². The quantitative estimate of drug-likeness (QED) is 0.336. The van der Waals surface area contributed by atoms with Crippen LogP contribution in [0.15, 0.2) is 11.6 Å². The highest BCUT2D eigenvalue weighted by Crippen LogP contribution is 2.74. The van der Waals surface area contributed by atoms with Crippen molar-refractivity contribution in [1.82, 2.24) is 0 Å². The maximum absolute atomic E-state index is 13.0. The van der Waals surface area contributed by atoms with Crippen LogP contribution in [0, 0.1) is 28.6 Å². The van der Waals surface area contributed by atoms with Crippen molar-refractivity contribution in [2.75, 3.05) is 13.2 Å². The third kappa shape index (κ3) is 3.19. The van der Waals surface area contributed by atoms with Crippen molar-refractivity contribution < 1.29 is 38.0 Å². The molecule has 11 atom stereocenters. The van der Waals surface area contributed by atoms with Crippen LogP contribution >= 0.6 is 0 Å². The summed E-state index contributed by atoms with van der Waals surface area (Å²) in [4.78, 5) is 25.4. The summed E-state index contributed by atoms with van der Waals surface area (Å²) < 4.78 is 37.4. The van der Waals surface area contributed by atoms with Gasteiger partial charge in [-0.3, -0.25) is 4.79 Å². The van der Waals surface area contributed by atoms with Gasteiger partial charge in [0.25, 0.3) is 0 Å². The van der Waals surface area contributed by atoms with Crippen molar-refractivity contribution >= 4 is 11.9 Å². The van der Waals surface area contributed by atoms with Crippen molar-refractivity contribution in [1.29, 1.82) is 0 Å². The molecule has 5 heterocycles. The molecular formula is C27H38O8. The number of carbonyl (C=O) groups is 2. The van der Waals surface area contributed by atoms with E-state index >= 15 is 0 Å². The molecular weight excluding hydrogens is 452 g/mol. The summed E-state index contributed by atoms with van der Waals surface area (Å²) in [7, 11) is 0. The Hall–Kier alpha value is -1.48. The molecule has 2 saturated carbocycles. The second kappa shape index (κ2) is 8.01. The van der Waals surface area contributed by atoms with Crippen LogP contribution in [0.3, 0.4) is 0 Å². The molecule has 8 heteroatoms. The van der Waals surface area contributed by atoms with E-state index in [-0.39, 0.29) is 41.7 Å². The average Bonchev–Trinajstić information content (AvgIpc) is 3.23. The smallest absolute Gasteiger partial charge is 0.335 e. The molecule has 2 aliphatic carbocycles. The predicted molar refractivity (Wildman–Crippen MR) is 123 cm³/mol. The van der Waals surface area contributed by atoms with Gasteiger partial charge in [-0.15, -0.1) is 0 Å². The van der Waals surface area contributed by atoms with Crippen molar-refractivity contribution in [3.8, 4) is 0 Å². The minimum absolute atomic E-state index is 0.0109. The SMILES string of the molecule is C/C=C(\C)C(=O)O[C@H]1O[C@H]2C[C@@H]3[C@@](C)([C@@H]4C[C@H]5CCO[C@H]5O4)[C@H](C)C[C@H](OC(C)=O)[C@@]13[C@@]1(CO1)C2. The van der Waals surface area contributed by atoms with Gasteiger partial charge in [0.1, 0.15) is 17.1 Å². The van der Waals surface area contributed by atoms with Crippen molar-refractivity contribution in [3.05, 3.63) is 11.6 Å². The Balaban J connectivity index is 1.45. The molecule has 5 aliphatic heterocycles. The maximum Gasteiger partial charge on any atom is 0.335 e. The molecule has 0 amide bonds. The van der Waals surface area contributed by atoms with Gasteiger partial charge in [-0.1, -0.05) is 19.9 Å². The number of hydrogen-bond donors (Lipinski definition) is 0. The third-order valence-corrected chi connectivity index (χ3v) is 10.5. The van der Waals surface area contributed by atoms with E-state index < -0.39 is 29.4 Å². The van der Waals surface area contributed by atoms with Crippen molar-refractivity contribution in [3.63, 3.8) is 0 Å². The Kier molecular flexibility index (Phi) is 5.47. The van der Waals surface area contributed by atoms with Crippen LogP contribution in [0.25, 0.3) is 0 Å². The maximum atomic E-state index is 13.0. The number of carbonyl (C=O) groups excluding carboxylic acids is 2. The van der Waals surface area contributed by atoms with E-state index in [0.29, 0.717) is 24.5 Å². The second-order valence-corrected chi connectivity index (χ2v) is 11.9. The van der Waals surface area contributed by atoms with Gasteiger partial charge in [-0.25, -0.2) is 4.79 Å². The molecule has 0 N–H and O–H groups in total. The molecule has 0 aromatic heterocycles. The Labute approximate surface area is 207 Å². The summed E-state index contributed by atoms with van der Waals surface area (Å²) in [6.45, 7) is 10.9. The first kappa shape index (κ1) is 23.9. The number of epoxide rings is 1. The molecule has 0 aromatic carbocycles. The molecule has 0 unspecified atom stereocenters. The number of allylic oxidation sites excluding steroid dienone is 1. The molecule has 7 fully saturated rings. The molecule has 2 bridgehead atoms. The monoisotopic (exact) mass is 490 g/mol. The Morgan fingerprint density at radius 2 is 1.86 bits per heavy atom. The fourth-order valence-electron chi connectivity index (χ4n) is 8.38. The normalized spacial score (nSPS) is 52.2. The van der Waals surface area contributed by atoms with E-state index in [1.54, 1.807) is 13.0 Å². The lowest BCUT2D eigenvalue weighted by atomic mass is 9.40. The molecule has 2 spiro atoms. The molecule has 8 nitrogen and oxygen atoms in total. The van der Waals surface area contributed by atoms with Crippen LogP contribution in [0.4, 0.5) is 0 Å². The highest BCUT2D eigenvalue weighted by molar-refractivity contribution is 5.87. The lowest BCUT2D eigenvalue weighted by molar-refractivity contribution is -0.375. The van der Waals surface area contributed by atoms with E-state index in [0.717, 1.165) is 32.3 Å². The lowest BCUT2D eigenvalue weighted by Gasteiger charge is -2.69. The first-order valence-electron chi connectivity index (χ1n) is 13.2. The van der Waals surface area contributed by atoms with Gasteiger partial charge < -0.3 is 28.4 Å². The fraction of sp³-hybridized carbons (Fsp3) is 0.852. The zero-order valence-electron chi connectivity index (χ0n) is 21.4. The Morgan fingerprint density at radius 3 is 2.51 bits per heavy atom. The molecule has 0 aromatic rings. The topological polar surface area (TPSA) is 92.8 Å². The summed E-state index contributed by atoms with van der Waals surface area (Å²) in [5, 5.41) is 0. The van der Waals surface area contributed by atoms with Gasteiger partial charge in [0.05, 0.1) is 25.4 Å². The number of esters is 2. The highest BCUT2D eigenvalue weighted by Gasteiger charge is 2.83. The third-order valence-electron chi connectivity index (χ3n) is 10.5. The first-order valence-corrected chi connectivity index (χ1v) is 13.2. The molecule has 35 heavy (non-hydrogen) atoms. The Bertz CT molecular complexity index is 929. The highest BCUT2D eigenvalue weighted by atomic mass is 16.7. The van der Waals surface area contributed by atoms with E-state index in [1.807, 2.05) is 6.92 Å². The molecule has 0 radical (unpaired) electrons. The summed E-state index contributed by atoms with van der Waals surface area (Å²) in [6.07, 6.45) is 4.35. The van der Waals surface area contributed by atoms with Gasteiger partial charge in [0.15, 0.2) is 6.29 Å². The number of ether oxygens (including phenoxy) is 6. The van der Waals surface area contributed by atoms with E-state index in [4.69, 9.17) is 28.4 Å². The zero-order chi connectivity index (χ0) is 24.8. The number of rotatable bonds is 4. The first-order chi connectivity index (χ1) is 16.7. The van der Waals surface area contributed by atoms with Gasteiger partial charge in [0, 0.05) is 30.3 Å². The van der Waals surface area contributed by atoms with Gasteiger partial charge >= 0.3 is 11.9 Å². The largest absolute Gasteiger partial charge is 0.462 e. The zero-order valence-corrected chi connectivity index (χ0v) is 21.4. The summed E-state index contributed by atoms with van der Waals surface area (Å²) in [5.41, 5.74) is -1.04. The van der Waals surface area contributed by atoms with Crippen LogP contribution in [0.1, 0.15) is 66.7 Å². The minimum Gasteiger partial charge on any atom is -0.462 e. The van der Waals surface area contributed by atoms with Crippen LogP contribution < -0.4 is 0 Å². The van der Waals surface area contributed by atoms with Crippen LogP contribution in [-0.4, -0.2) is 61.6 Å². The van der Waals surface area contributed by atoms with Crippen LogP contribution in [0.2, 0.25) is 0 Å². The van der Waals surface area contributed by atoms with E-state index in [2.05, 4.69) is 13.8 Å². The Morgan fingerprint density at radius 1 is 1.09 bits per heavy atom. The van der Waals surface area contributed by atoms with Crippen molar-refractivity contribution in [2.45, 2.75) is 103 Å². The van der Waals surface area contributed by atoms with E-state index in [9.17, 15) is 9.59 Å². The summed E-state index contributed by atoms with van der Waals surface area (Å²) in [6, 6.07) is 0. The molecule has 5 saturated heterocycles. The predicted octanol–water partition coefficient (Wildman–Crippen LogP) is 3.52. The van der Waals surface area contributed by atoms with Gasteiger partial charge in [-0.2, -0.15) is 0 Å². The standard InChI is InChI=1S/C27H38O8/c1-6-14(2)22(29)35-24-27-19(11-18(33-24)12-26(27)13-31-26)25(5,15(3)9-21(27)32-16(4)28)20-10-17-7-8-30-23(17)34-20/h6,15,17-21,23-24H,7-13H2,1-5H3/b14-6+/t15-,17-,18+,19-,20+,21+,23+,24-,25+,26+,27-/m1/s1. The molecule has 7 rings (SSSR count). The summed E-state index contributed by atoms with van der Waals surface area (Å²) in [5.74, 6) is -0.0749. The lowest BCUT2D eigenvalue weighted by Crippen LogP contribution is -2.77. The second-order valence-electron chi connectivity index (χ2n) is 11.9. The van der Waals surface area contributed by atoms with Crippen molar-refractivity contribution in [2.24, 2.45) is 28.6 Å². The number of hydrogen-bond acceptors (Lipinski definition) is 8. The van der Waals surface area contributed by atoms with E-state index in [1.165, 1.54) is 6.92 Å².